The van der Waals surface area contributed by atoms with Crippen LogP contribution in [0.3, 0.4) is 0 Å². The minimum Gasteiger partial charge on any atom is -0.377 e. The molecule has 6 heteroatoms. The Hall–Kier alpha value is -2.68. The van der Waals surface area contributed by atoms with E-state index in [1.54, 1.807) is 18.2 Å². The molecule has 1 aliphatic heterocycles. The van der Waals surface area contributed by atoms with Crippen LogP contribution in [0.2, 0.25) is 0 Å². The van der Waals surface area contributed by atoms with Gasteiger partial charge in [0.05, 0.1) is 18.2 Å². The number of anilines is 1. The van der Waals surface area contributed by atoms with Gasteiger partial charge in [-0.3, -0.25) is 4.79 Å². The SMILES string of the molecule is CC(=O)c1ccc(C#N)cc1NCc1nnc2n1CCCCC2. The molecule has 2 heterocycles. The number of fused-ring (bicyclic) bond motifs is 1. The molecule has 3 rings (SSSR count). The summed E-state index contributed by atoms with van der Waals surface area (Å²) in [5, 5.41) is 20.8. The van der Waals surface area contributed by atoms with Crippen LogP contribution in [0.4, 0.5) is 5.69 Å². The highest BCUT2D eigenvalue weighted by atomic mass is 16.1. The molecule has 23 heavy (non-hydrogen) atoms. The van der Waals surface area contributed by atoms with Crippen LogP contribution in [0.1, 0.15) is 53.8 Å². The van der Waals surface area contributed by atoms with Gasteiger partial charge in [0.25, 0.3) is 0 Å². The average Bonchev–Trinajstić information content (AvgIpc) is 2.78. The van der Waals surface area contributed by atoms with E-state index in [0.717, 1.165) is 37.5 Å². The van der Waals surface area contributed by atoms with Gasteiger partial charge in [0.15, 0.2) is 11.6 Å². The zero-order valence-corrected chi connectivity index (χ0v) is 13.2. The predicted octanol–water partition coefficient (Wildman–Crippen LogP) is 2.69. The molecule has 1 N–H and O–H groups in total. The summed E-state index contributed by atoms with van der Waals surface area (Å²) in [6, 6.07) is 7.15. The lowest BCUT2D eigenvalue weighted by atomic mass is 10.1. The predicted molar refractivity (Wildman–Crippen MR) is 86.1 cm³/mol. The van der Waals surface area contributed by atoms with Gasteiger partial charge in [0, 0.05) is 24.2 Å². The zero-order chi connectivity index (χ0) is 16.2. The summed E-state index contributed by atoms with van der Waals surface area (Å²) in [6.07, 6.45) is 4.48. The molecule has 0 aliphatic carbocycles. The van der Waals surface area contributed by atoms with Gasteiger partial charge in [-0.25, -0.2) is 0 Å². The van der Waals surface area contributed by atoms with Crippen LogP contribution < -0.4 is 5.32 Å². The summed E-state index contributed by atoms with van der Waals surface area (Å²) in [5.41, 5.74) is 1.78. The Labute approximate surface area is 135 Å². The summed E-state index contributed by atoms with van der Waals surface area (Å²) in [6.45, 7) is 2.95. The average molecular weight is 309 g/mol. The number of benzene rings is 1. The molecule has 0 saturated carbocycles. The first-order chi connectivity index (χ1) is 11.2. The number of carbonyl (C=O) groups is 1. The van der Waals surface area contributed by atoms with Crippen molar-refractivity contribution in [2.24, 2.45) is 0 Å². The van der Waals surface area contributed by atoms with Gasteiger partial charge < -0.3 is 9.88 Å². The molecule has 1 aliphatic rings. The maximum absolute atomic E-state index is 11.7. The third-order valence-corrected chi connectivity index (χ3v) is 4.15. The summed E-state index contributed by atoms with van der Waals surface area (Å²) < 4.78 is 2.17. The number of hydrogen-bond acceptors (Lipinski definition) is 5. The van der Waals surface area contributed by atoms with Gasteiger partial charge in [0.1, 0.15) is 5.82 Å². The lowest BCUT2D eigenvalue weighted by Gasteiger charge is -2.12. The van der Waals surface area contributed by atoms with Gasteiger partial charge in [-0.05, 0) is 38.0 Å². The number of ketones is 1. The molecular formula is C17H19N5O. The molecule has 6 nitrogen and oxygen atoms in total. The smallest absolute Gasteiger partial charge is 0.161 e. The second-order valence-electron chi connectivity index (χ2n) is 5.78. The first-order valence-electron chi connectivity index (χ1n) is 7.89. The zero-order valence-electron chi connectivity index (χ0n) is 13.2. The largest absolute Gasteiger partial charge is 0.377 e. The minimum absolute atomic E-state index is 0.0305. The first kappa shape index (κ1) is 15.2. The van der Waals surface area contributed by atoms with Crippen LogP contribution in [-0.4, -0.2) is 20.5 Å². The standard InChI is InChI=1S/C17H19N5O/c1-12(23)14-7-6-13(10-18)9-15(14)19-11-17-21-20-16-5-3-2-4-8-22(16)17/h6-7,9,19H,2-5,8,11H2,1H3. The number of carbonyl (C=O) groups excluding carboxylic acids is 1. The number of nitriles is 1. The molecule has 0 unspecified atom stereocenters. The molecule has 0 saturated heterocycles. The van der Waals surface area contributed by atoms with E-state index in [2.05, 4.69) is 26.2 Å². The van der Waals surface area contributed by atoms with E-state index in [-0.39, 0.29) is 5.78 Å². The topological polar surface area (TPSA) is 83.6 Å². The fraction of sp³-hybridized carbons (Fsp3) is 0.412. The number of hydrogen-bond donors (Lipinski definition) is 1. The maximum atomic E-state index is 11.7. The van der Waals surface area contributed by atoms with Crippen molar-refractivity contribution < 1.29 is 4.79 Å². The lowest BCUT2D eigenvalue weighted by Crippen LogP contribution is -2.12. The van der Waals surface area contributed by atoms with Gasteiger partial charge in [-0.1, -0.05) is 6.42 Å². The second kappa shape index (κ2) is 6.61. The number of nitrogens with one attached hydrogen (secondary N) is 1. The van der Waals surface area contributed by atoms with Crippen LogP contribution in [0.25, 0.3) is 0 Å². The van der Waals surface area contributed by atoms with Crippen LogP contribution in [-0.2, 0) is 19.5 Å². The Balaban J connectivity index is 1.82. The third kappa shape index (κ3) is 3.24. The maximum Gasteiger partial charge on any atom is 0.161 e. The molecule has 0 bridgehead atoms. The van der Waals surface area contributed by atoms with E-state index in [4.69, 9.17) is 5.26 Å². The highest BCUT2D eigenvalue weighted by Gasteiger charge is 2.15. The third-order valence-electron chi connectivity index (χ3n) is 4.15. The van der Waals surface area contributed by atoms with Gasteiger partial charge in [0.2, 0.25) is 0 Å². The van der Waals surface area contributed by atoms with Crippen molar-refractivity contribution in [3.63, 3.8) is 0 Å². The van der Waals surface area contributed by atoms with Crippen molar-refractivity contribution in [2.75, 3.05) is 5.32 Å². The quantitative estimate of drug-likeness (QED) is 0.878. The Kier molecular flexibility index (Phi) is 4.38. The summed E-state index contributed by atoms with van der Waals surface area (Å²) in [7, 11) is 0. The molecule has 2 aromatic rings. The van der Waals surface area contributed by atoms with Crippen LogP contribution in [0.15, 0.2) is 18.2 Å². The van der Waals surface area contributed by atoms with E-state index >= 15 is 0 Å². The number of aromatic nitrogens is 3. The Morgan fingerprint density at radius 3 is 3.00 bits per heavy atom. The molecule has 118 valence electrons. The van der Waals surface area contributed by atoms with E-state index in [1.807, 2.05) is 0 Å². The Morgan fingerprint density at radius 1 is 1.35 bits per heavy atom. The van der Waals surface area contributed by atoms with Gasteiger partial charge in [-0.15, -0.1) is 10.2 Å². The summed E-state index contributed by atoms with van der Waals surface area (Å²) in [4.78, 5) is 11.7. The molecule has 1 aromatic heterocycles. The van der Waals surface area contributed by atoms with Crippen LogP contribution in [0.5, 0.6) is 0 Å². The lowest BCUT2D eigenvalue weighted by molar-refractivity contribution is 0.101. The van der Waals surface area contributed by atoms with E-state index in [0.29, 0.717) is 23.4 Å². The van der Waals surface area contributed by atoms with E-state index in [9.17, 15) is 4.79 Å². The van der Waals surface area contributed by atoms with E-state index in [1.165, 1.54) is 13.3 Å². The fourth-order valence-electron chi connectivity index (χ4n) is 2.92. The molecule has 0 amide bonds. The number of aryl methyl sites for hydroxylation is 1. The summed E-state index contributed by atoms with van der Waals surface area (Å²) in [5.74, 6) is 1.88. The van der Waals surface area contributed by atoms with Crippen LogP contribution in [0, 0.1) is 11.3 Å². The highest BCUT2D eigenvalue weighted by molar-refractivity contribution is 5.99. The fourth-order valence-corrected chi connectivity index (χ4v) is 2.92. The Bertz CT molecular complexity index is 772. The molecule has 0 atom stereocenters. The second-order valence-corrected chi connectivity index (χ2v) is 5.78. The van der Waals surface area contributed by atoms with Crippen molar-refractivity contribution in [3.05, 3.63) is 41.0 Å². The monoisotopic (exact) mass is 309 g/mol. The van der Waals surface area contributed by atoms with Crippen molar-refractivity contribution >= 4 is 11.5 Å². The number of Topliss-reactive ketones (excluding diaryl/α,β-unsaturated/α-hetero) is 1. The molecule has 0 radical (unpaired) electrons. The number of rotatable bonds is 4. The van der Waals surface area contributed by atoms with Crippen molar-refractivity contribution in [2.45, 2.75) is 45.7 Å². The van der Waals surface area contributed by atoms with Gasteiger partial charge >= 0.3 is 0 Å². The first-order valence-corrected chi connectivity index (χ1v) is 7.89. The van der Waals surface area contributed by atoms with E-state index < -0.39 is 0 Å². The molecular weight excluding hydrogens is 290 g/mol. The van der Waals surface area contributed by atoms with Crippen LogP contribution >= 0.6 is 0 Å². The minimum atomic E-state index is -0.0305. The Morgan fingerprint density at radius 2 is 2.22 bits per heavy atom. The van der Waals surface area contributed by atoms with Crippen molar-refractivity contribution in [1.82, 2.24) is 14.8 Å². The summed E-state index contributed by atoms with van der Waals surface area (Å²) >= 11 is 0. The number of nitrogens with zero attached hydrogens (tertiary/aromatic N) is 4. The normalized spacial score (nSPS) is 13.7. The molecule has 1 aromatic carbocycles. The molecule has 0 fully saturated rings. The van der Waals surface area contributed by atoms with Gasteiger partial charge in [-0.2, -0.15) is 5.26 Å². The van der Waals surface area contributed by atoms with Crippen molar-refractivity contribution in [1.29, 1.82) is 5.26 Å². The van der Waals surface area contributed by atoms with Crippen molar-refractivity contribution in [3.8, 4) is 6.07 Å². The highest BCUT2D eigenvalue weighted by Crippen LogP contribution is 2.20. The molecule has 0 spiro atoms.